The minimum atomic E-state index is -0.738. The second kappa shape index (κ2) is 9.69. The zero-order valence-electron chi connectivity index (χ0n) is 15.6. The highest BCUT2D eigenvalue weighted by atomic mass is 19.1. The summed E-state index contributed by atoms with van der Waals surface area (Å²) in [5, 5.41) is 5.64. The molecule has 1 aromatic rings. The molecule has 7 heteroatoms. The van der Waals surface area contributed by atoms with E-state index in [1.54, 1.807) is 12.1 Å². The number of hydrogen-bond donors (Lipinski definition) is 2. The summed E-state index contributed by atoms with van der Waals surface area (Å²) >= 11 is 0. The van der Waals surface area contributed by atoms with E-state index in [1.807, 2.05) is 0 Å². The van der Waals surface area contributed by atoms with E-state index < -0.39 is 6.04 Å². The van der Waals surface area contributed by atoms with Gasteiger partial charge in [0.15, 0.2) is 0 Å². The first-order valence-electron chi connectivity index (χ1n) is 9.84. The molecule has 1 aliphatic carbocycles. The molecule has 1 saturated carbocycles. The van der Waals surface area contributed by atoms with Gasteiger partial charge in [-0.3, -0.25) is 4.79 Å². The van der Waals surface area contributed by atoms with Crippen LogP contribution in [0.25, 0.3) is 0 Å². The molecule has 0 bridgehead atoms. The molecule has 0 spiro atoms. The maximum Gasteiger partial charge on any atom is 0.318 e. The fraction of sp³-hybridized carbons (Fsp3) is 0.600. The Kier molecular flexibility index (Phi) is 7.04. The summed E-state index contributed by atoms with van der Waals surface area (Å²) in [6, 6.07) is 4.67. The van der Waals surface area contributed by atoms with E-state index in [9.17, 15) is 14.0 Å². The molecule has 2 fully saturated rings. The second-order valence-corrected chi connectivity index (χ2v) is 7.15. The smallest absolute Gasteiger partial charge is 0.318 e. The average molecular weight is 377 g/mol. The van der Waals surface area contributed by atoms with Crippen molar-refractivity contribution in [3.63, 3.8) is 0 Å². The monoisotopic (exact) mass is 377 g/mol. The Balaban J connectivity index is 1.48. The average Bonchev–Trinajstić information content (AvgIpc) is 2.69. The van der Waals surface area contributed by atoms with Crippen molar-refractivity contribution in [2.24, 2.45) is 0 Å². The summed E-state index contributed by atoms with van der Waals surface area (Å²) in [5.74, 6) is -0.618. The van der Waals surface area contributed by atoms with Gasteiger partial charge >= 0.3 is 6.03 Å². The normalized spacial score (nSPS) is 21.0. The first kappa shape index (κ1) is 19.6. The van der Waals surface area contributed by atoms with Crippen LogP contribution in [0, 0.1) is 5.82 Å². The molecule has 148 valence electrons. The number of urea groups is 1. The Morgan fingerprint density at radius 1 is 1.22 bits per heavy atom. The molecule has 1 saturated heterocycles. The predicted molar refractivity (Wildman–Crippen MR) is 99.7 cm³/mol. The lowest BCUT2D eigenvalue weighted by molar-refractivity contribution is -0.127. The number of halogens is 1. The van der Waals surface area contributed by atoms with Gasteiger partial charge in [0.05, 0.1) is 6.10 Å². The van der Waals surface area contributed by atoms with Gasteiger partial charge in [0.25, 0.3) is 0 Å². The van der Waals surface area contributed by atoms with Crippen molar-refractivity contribution in [3.05, 3.63) is 35.6 Å². The molecule has 2 aliphatic rings. The molecule has 3 amide bonds. The Hall–Kier alpha value is -2.15. The van der Waals surface area contributed by atoms with Gasteiger partial charge in [0.2, 0.25) is 5.91 Å². The summed E-state index contributed by atoms with van der Waals surface area (Å²) in [4.78, 5) is 26.4. The van der Waals surface area contributed by atoms with Gasteiger partial charge in [0, 0.05) is 26.2 Å². The van der Waals surface area contributed by atoms with Crippen molar-refractivity contribution >= 4 is 11.9 Å². The lowest BCUT2D eigenvalue weighted by Gasteiger charge is -2.35. The minimum absolute atomic E-state index is 0.247. The third-order valence-corrected chi connectivity index (χ3v) is 5.16. The van der Waals surface area contributed by atoms with Crippen LogP contribution in [0.3, 0.4) is 0 Å². The molecule has 1 aromatic carbocycles. The van der Waals surface area contributed by atoms with Crippen molar-refractivity contribution in [1.82, 2.24) is 15.5 Å². The van der Waals surface area contributed by atoms with Gasteiger partial charge in [-0.2, -0.15) is 0 Å². The van der Waals surface area contributed by atoms with Crippen LogP contribution >= 0.6 is 0 Å². The molecule has 1 atom stereocenters. The van der Waals surface area contributed by atoms with Gasteiger partial charge in [-0.05, 0) is 37.0 Å². The number of benzene rings is 1. The summed E-state index contributed by atoms with van der Waals surface area (Å²) in [5.41, 5.74) is 0.601. The third kappa shape index (κ3) is 5.42. The van der Waals surface area contributed by atoms with Gasteiger partial charge in [0.1, 0.15) is 11.9 Å². The van der Waals surface area contributed by atoms with Gasteiger partial charge < -0.3 is 20.3 Å². The molecule has 27 heavy (non-hydrogen) atoms. The predicted octanol–water partition coefficient (Wildman–Crippen LogP) is 2.75. The Morgan fingerprint density at radius 2 is 1.96 bits per heavy atom. The van der Waals surface area contributed by atoms with Crippen LogP contribution in [0.2, 0.25) is 0 Å². The maximum atomic E-state index is 13.2. The van der Waals surface area contributed by atoms with E-state index in [1.165, 1.54) is 36.3 Å². The van der Waals surface area contributed by atoms with Crippen LogP contribution in [0.4, 0.5) is 9.18 Å². The number of piperazine rings is 1. The zero-order chi connectivity index (χ0) is 19.1. The van der Waals surface area contributed by atoms with Crippen LogP contribution in [-0.2, 0) is 9.53 Å². The first-order chi connectivity index (χ1) is 13.1. The van der Waals surface area contributed by atoms with E-state index in [0.717, 1.165) is 19.3 Å². The van der Waals surface area contributed by atoms with Crippen molar-refractivity contribution in [1.29, 1.82) is 0 Å². The lowest BCUT2D eigenvalue weighted by Crippen LogP contribution is -2.55. The summed E-state index contributed by atoms with van der Waals surface area (Å²) in [6.45, 7) is 1.96. The Labute approximate surface area is 159 Å². The number of hydrogen-bond acceptors (Lipinski definition) is 3. The zero-order valence-corrected chi connectivity index (χ0v) is 15.6. The molecular weight excluding hydrogens is 349 g/mol. The highest BCUT2D eigenvalue weighted by molar-refractivity contribution is 5.89. The molecule has 0 aromatic heterocycles. The minimum Gasteiger partial charge on any atom is -0.378 e. The van der Waals surface area contributed by atoms with Gasteiger partial charge in [-0.1, -0.05) is 31.4 Å². The van der Waals surface area contributed by atoms with Crippen molar-refractivity contribution in [3.8, 4) is 0 Å². The fourth-order valence-electron chi connectivity index (χ4n) is 3.71. The van der Waals surface area contributed by atoms with Gasteiger partial charge in [-0.15, -0.1) is 0 Å². The van der Waals surface area contributed by atoms with Crippen LogP contribution in [-0.4, -0.2) is 49.2 Å². The largest absolute Gasteiger partial charge is 0.378 e. The van der Waals surface area contributed by atoms with Crippen molar-refractivity contribution in [2.45, 2.75) is 50.7 Å². The SMILES string of the molecule is O=C1NCCN(C(=O)NCCCOC2CCCCC2)C1c1ccc(F)cc1. The fourth-order valence-corrected chi connectivity index (χ4v) is 3.71. The topological polar surface area (TPSA) is 70.7 Å². The van der Waals surface area contributed by atoms with Gasteiger partial charge in [-0.25, -0.2) is 9.18 Å². The molecule has 1 heterocycles. The second-order valence-electron chi connectivity index (χ2n) is 7.15. The summed E-state index contributed by atoms with van der Waals surface area (Å²) < 4.78 is 19.0. The quantitative estimate of drug-likeness (QED) is 0.749. The number of carbonyl (C=O) groups is 2. The molecule has 1 aliphatic heterocycles. The summed E-state index contributed by atoms with van der Waals surface area (Å²) in [6.07, 6.45) is 7.15. The molecule has 0 radical (unpaired) electrons. The standard InChI is InChI=1S/C20H28FN3O3/c21-16-9-7-15(8-10-16)18-19(25)22-12-13-24(18)20(26)23-11-4-14-27-17-5-2-1-3-6-17/h7-10,17-18H,1-6,11-14H2,(H,22,25)(H,23,26). The number of rotatable bonds is 6. The van der Waals surface area contributed by atoms with Crippen LogP contribution in [0.15, 0.2) is 24.3 Å². The number of ether oxygens (including phenoxy) is 1. The van der Waals surface area contributed by atoms with Crippen LogP contribution < -0.4 is 10.6 Å². The van der Waals surface area contributed by atoms with E-state index in [0.29, 0.717) is 37.9 Å². The van der Waals surface area contributed by atoms with Crippen LogP contribution in [0.5, 0.6) is 0 Å². The third-order valence-electron chi connectivity index (χ3n) is 5.16. The number of nitrogens with zero attached hydrogens (tertiary/aromatic N) is 1. The van der Waals surface area contributed by atoms with Crippen molar-refractivity contribution in [2.75, 3.05) is 26.2 Å². The van der Waals surface area contributed by atoms with Crippen LogP contribution in [0.1, 0.15) is 50.1 Å². The maximum absolute atomic E-state index is 13.2. The van der Waals surface area contributed by atoms with Crippen molar-refractivity contribution < 1.29 is 18.7 Å². The lowest BCUT2D eigenvalue weighted by atomic mass is 9.98. The molecule has 3 rings (SSSR count). The number of nitrogens with one attached hydrogen (secondary N) is 2. The Bertz CT molecular complexity index is 632. The molecule has 2 N–H and O–H groups in total. The molecule has 6 nitrogen and oxygen atoms in total. The molecular formula is C20H28FN3O3. The number of carbonyl (C=O) groups excluding carboxylic acids is 2. The Morgan fingerprint density at radius 3 is 2.70 bits per heavy atom. The number of amides is 3. The highest BCUT2D eigenvalue weighted by Crippen LogP contribution is 2.24. The first-order valence-corrected chi connectivity index (χ1v) is 9.84. The highest BCUT2D eigenvalue weighted by Gasteiger charge is 2.34. The van der Waals surface area contributed by atoms with E-state index in [2.05, 4.69) is 10.6 Å². The van der Waals surface area contributed by atoms with E-state index in [-0.39, 0.29) is 17.8 Å². The summed E-state index contributed by atoms with van der Waals surface area (Å²) in [7, 11) is 0. The van der Waals surface area contributed by atoms with E-state index >= 15 is 0 Å². The van der Waals surface area contributed by atoms with E-state index in [4.69, 9.17) is 4.74 Å². The molecule has 1 unspecified atom stereocenters.